The number of hydrogen-bond acceptors (Lipinski definition) is 3. The van der Waals surface area contributed by atoms with Crippen LogP contribution < -0.4 is 11.5 Å². The van der Waals surface area contributed by atoms with Crippen LogP contribution in [0, 0.1) is 0 Å². The van der Waals surface area contributed by atoms with E-state index in [0.717, 1.165) is 6.07 Å². The second-order valence-electron chi connectivity index (χ2n) is 5.29. The number of guanidine groups is 1. The van der Waals surface area contributed by atoms with Gasteiger partial charge < -0.3 is 11.5 Å². The molecule has 1 rings (SSSR count). The Labute approximate surface area is 137 Å². The molecule has 0 aliphatic rings. The summed E-state index contributed by atoms with van der Waals surface area (Å²) >= 11 is 0. The molecule has 1 aromatic carbocycles. The van der Waals surface area contributed by atoms with Gasteiger partial charge in [0.15, 0.2) is 15.8 Å². The molecule has 0 aromatic heterocycles. The maximum absolute atomic E-state index is 13.3. The minimum absolute atomic E-state index is 0.109. The van der Waals surface area contributed by atoms with E-state index in [1.807, 2.05) is 0 Å². The lowest BCUT2D eigenvalue weighted by atomic mass is 10.0. The van der Waals surface area contributed by atoms with Crippen molar-refractivity contribution in [2.75, 3.05) is 0 Å². The van der Waals surface area contributed by atoms with E-state index >= 15 is 0 Å². The van der Waals surface area contributed by atoms with E-state index in [1.165, 1.54) is 13.8 Å². The first-order valence-corrected chi connectivity index (χ1v) is 8.49. The first-order valence-electron chi connectivity index (χ1n) is 6.94. The third-order valence-corrected chi connectivity index (χ3v) is 5.47. The Morgan fingerprint density at radius 2 is 1.79 bits per heavy atom. The molecule has 0 spiro atoms. The molecule has 6 nitrogen and oxygen atoms in total. The summed E-state index contributed by atoms with van der Waals surface area (Å²) in [5, 5.41) is -1.05. The Morgan fingerprint density at radius 3 is 2.17 bits per heavy atom. The number of aliphatic imine (C=N–C) groups is 1. The summed E-state index contributed by atoms with van der Waals surface area (Å²) in [5.41, 5.74) is 8.45. The third kappa shape index (κ3) is 4.05. The Hall–Kier alpha value is -2.10. The van der Waals surface area contributed by atoms with E-state index in [9.17, 15) is 26.4 Å². The van der Waals surface area contributed by atoms with Gasteiger partial charge in [0, 0.05) is 5.56 Å². The summed E-state index contributed by atoms with van der Waals surface area (Å²) in [6.07, 6.45) is -4.84. The Balaban J connectivity index is 3.83. The van der Waals surface area contributed by atoms with Crippen molar-refractivity contribution in [3.63, 3.8) is 0 Å². The van der Waals surface area contributed by atoms with Gasteiger partial charge in [-0.15, -0.1) is 0 Å². The molecule has 0 aliphatic carbocycles. The normalized spacial score (nSPS) is 12.3. The van der Waals surface area contributed by atoms with E-state index in [1.54, 1.807) is 6.92 Å². The second-order valence-corrected chi connectivity index (χ2v) is 7.77. The molecule has 0 radical (unpaired) electrons. The Bertz CT molecular complexity index is 780. The van der Waals surface area contributed by atoms with Crippen LogP contribution >= 0.6 is 0 Å². The van der Waals surface area contributed by atoms with Crippen LogP contribution in [-0.4, -0.2) is 25.5 Å². The number of hydrogen-bond donors (Lipinski definition) is 2. The predicted molar refractivity (Wildman–Crippen MR) is 83.3 cm³/mol. The van der Waals surface area contributed by atoms with E-state index in [0.29, 0.717) is 6.07 Å². The molecule has 0 saturated carbocycles. The average molecular weight is 365 g/mol. The number of nitrogens with two attached hydrogens (primary N) is 2. The zero-order valence-corrected chi connectivity index (χ0v) is 14.1. The van der Waals surface area contributed by atoms with Gasteiger partial charge in [-0.05, 0) is 38.0 Å². The fourth-order valence-corrected chi connectivity index (χ4v) is 3.30. The van der Waals surface area contributed by atoms with Gasteiger partial charge in [0.2, 0.25) is 0 Å². The van der Waals surface area contributed by atoms with Crippen LogP contribution in [0.1, 0.15) is 42.3 Å². The monoisotopic (exact) mass is 365 g/mol. The van der Waals surface area contributed by atoms with Crippen LogP contribution in [0.3, 0.4) is 0 Å². The number of aryl methyl sites for hydroxylation is 1. The molecular weight excluding hydrogens is 347 g/mol. The van der Waals surface area contributed by atoms with Crippen LogP contribution in [0.25, 0.3) is 0 Å². The second kappa shape index (κ2) is 6.80. The molecule has 24 heavy (non-hydrogen) atoms. The molecular formula is C14H18F3N3O3S. The third-order valence-electron chi connectivity index (χ3n) is 3.28. The lowest BCUT2D eigenvalue weighted by Gasteiger charge is -2.18. The summed E-state index contributed by atoms with van der Waals surface area (Å²) < 4.78 is 64.5. The lowest BCUT2D eigenvalue weighted by molar-refractivity contribution is -0.139. The van der Waals surface area contributed by atoms with Crippen molar-refractivity contribution < 1.29 is 26.4 Å². The Kier molecular flexibility index (Phi) is 5.65. The molecule has 1 amide bonds. The van der Waals surface area contributed by atoms with Gasteiger partial charge in [0.1, 0.15) is 0 Å². The van der Waals surface area contributed by atoms with E-state index in [-0.39, 0.29) is 17.5 Å². The molecule has 134 valence electrons. The van der Waals surface area contributed by atoms with E-state index in [2.05, 4.69) is 4.99 Å². The number of alkyl halides is 3. The van der Waals surface area contributed by atoms with Crippen molar-refractivity contribution in [1.82, 2.24) is 0 Å². The fraction of sp³-hybridized carbons (Fsp3) is 0.429. The van der Waals surface area contributed by atoms with Gasteiger partial charge in [-0.25, -0.2) is 8.42 Å². The molecule has 0 aliphatic heterocycles. The van der Waals surface area contributed by atoms with Crippen LogP contribution in [0.15, 0.2) is 22.0 Å². The number of nitrogens with zero attached hydrogens (tertiary/aromatic N) is 1. The number of halogens is 3. The number of amides is 1. The van der Waals surface area contributed by atoms with Gasteiger partial charge in [-0.2, -0.15) is 18.2 Å². The highest BCUT2D eigenvalue weighted by atomic mass is 32.2. The summed E-state index contributed by atoms with van der Waals surface area (Å²) in [6.45, 7) is 4.12. The predicted octanol–water partition coefficient (Wildman–Crippen LogP) is 1.86. The molecule has 0 saturated heterocycles. The molecule has 0 atom stereocenters. The van der Waals surface area contributed by atoms with Crippen LogP contribution in [-0.2, 0) is 22.4 Å². The SMILES string of the molecule is CCc1cc(S(=O)(=O)C(C)C)c(C(F)(F)F)cc1C(=O)N=C(N)N. The highest BCUT2D eigenvalue weighted by Crippen LogP contribution is 2.37. The van der Waals surface area contributed by atoms with Gasteiger partial charge in [0.05, 0.1) is 15.7 Å². The van der Waals surface area contributed by atoms with Gasteiger partial charge >= 0.3 is 6.18 Å². The zero-order chi connectivity index (χ0) is 18.9. The molecule has 4 N–H and O–H groups in total. The maximum atomic E-state index is 13.3. The quantitative estimate of drug-likeness (QED) is 0.624. The number of sulfone groups is 1. The van der Waals surface area contributed by atoms with E-state index < -0.39 is 43.6 Å². The molecule has 0 unspecified atom stereocenters. The van der Waals surface area contributed by atoms with Crippen molar-refractivity contribution >= 4 is 21.7 Å². The average Bonchev–Trinajstić information content (AvgIpc) is 2.43. The van der Waals surface area contributed by atoms with Gasteiger partial charge in [0.25, 0.3) is 5.91 Å². The van der Waals surface area contributed by atoms with Crippen molar-refractivity contribution in [3.8, 4) is 0 Å². The number of rotatable bonds is 4. The molecule has 0 heterocycles. The van der Waals surface area contributed by atoms with Crippen molar-refractivity contribution in [2.45, 2.75) is 43.5 Å². The lowest BCUT2D eigenvalue weighted by Crippen LogP contribution is -2.25. The molecule has 0 bridgehead atoms. The topological polar surface area (TPSA) is 116 Å². The number of carbonyl (C=O) groups is 1. The standard InChI is InChI=1S/C14H18F3N3O3S/c1-4-8-5-11(24(22,23)7(2)3)10(14(15,16)17)6-9(8)12(21)20-13(18)19/h5-7H,4H2,1-3H3,(H4,18,19,20,21). The molecule has 1 aromatic rings. The maximum Gasteiger partial charge on any atom is 0.417 e. The van der Waals surface area contributed by atoms with E-state index in [4.69, 9.17) is 11.5 Å². The van der Waals surface area contributed by atoms with Gasteiger partial charge in [-0.3, -0.25) is 4.79 Å². The summed E-state index contributed by atoms with van der Waals surface area (Å²) in [7, 11) is -4.21. The fourth-order valence-electron chi connectivity index (χ4n) is 2.00. The van der Waals surface area contributed by atoms with Crippen LogP contribution in [0.4, 0.5) is 13.2 Å². The zero-order valence-electron chi connectivity index (χ0n) is 13.3. The van der Waals surface area contributed by atoms with Crippen molar-refractivity contribution in [1.29, 1.82) is 0 Å². The first-order chi connectivity index (χ1) is 10.8. The minimum atomic E-state index is -4.96. The molecule has 10 heteroatoms. The smallest absolute Gasteiger partial charge is 0.370 e. The summed E-state index contributed by atoms with van der Waals surface area (Å²) in [4.78, 5) is 14.3. The number of benzene rings is 1. The van der Waals surface area contributed by atoms with Crippen molar-refractivity contribution in [2.24, 2.45) is 16.5 Å². The van der Waals surface area contributed by atoms with Crippen LogP contribution in [0.5, 0.6) is 0 Å². The highest BCUT2D eigenvalue weighted by molar-refractivity contribution is 7.92. The highest BCUT2D eigenvalue weighted by Gasteiger charge is 2.39. The largest absolute Gasteiger partial charge is 0.417 e. The van der Waals surface area contributed by atoms with Crippen LogP contribution in [0.2, 0.25) is 0 Å². The van der Waals surface area contributed by atoms with Gasteiger partial charge in [-0.1, -0.05) is 6.92 Å². The minimum Gasteiger partial charge on any atom is -0.370 e. The molecule has 0 fully saturated rings. The number of carbonyl (C=O) groups excluding carboxylic acids is 1. The summed E-state index contributed by atoms with van der Waals surface area (Å²) in [5.74, 6) is -1.67. The Morgan fingerprint density at radius 1 is 1.25 bits per heavy atom. The summed E-state index contributed by atoms with van der Waals surface area (Å²) in [6, 6.07) is 1.36. The van der Waals surface area contributed by atoms with Crippen molar-refractivity contribution in [3.05, 3.63) is 28.8 Å². The first kappa shape index (κ1) is 19.9.